The summed E-state index contributed by atoms with van der Waals surface area (Å²) in [6.45, 7) is 0. The van der Waals surface area contributed by atoms with Crippen molar-refractivity contribution >= 4 is 15.9 Å². The molecule has 2 aromatic rings. The van der Waals surface area contributed by atoms with Gasteiger partial charge in [-0.2, -0.15) is 13.2 Å². The number of benzene rings is 1. The molecule has 1 unspecified atom stereocenters. The van der Waals surface area contributed by atoms with E-state index >= 15 is 0 Å². The third-order valence-corrected chi connectivity index (χ3v) is 3.14. The quantitative estimate of drug-likeness (QED) is 0.917. The van der Waals surface area contributed by atoms with Crippen molar-refractivity contribution < 1.29 is 18.3 Å². The van der Waals surface area contributed by atoms with E-state index in [1.54, 1.807) is 0 Å². The van der Waals surface area contributed by atoms with Crippen LogP contribution in [-0.4, -0.2) is 20.1 Å². The molecule has 0 aliphatic heterocycles. The third-order valence-electron chi connectivity index (χ3n) is 2.64. The van der Waals surface area contributed by atoms with Crippen LogP contribution in [0.2, 0.25) is 0 Å². The highest BCUT2D eigenvalue weighted by molar-refractivity contribution is 9.10. The number of aryl methyl sites for hydroxylation is 1. The minimum absolute atomic E-state index is 0.188. The molecule has 1 heterocycles. The van der Waals surface area contributed by atoms with Crippen molar-refractivity contribution in [3.05, 3.63) is 45.7 Å². The van der Waals surface area contributed by atoms with Gasteiger partial charge in [0, 0.05) is 11.5 Å². The first-order valence-electron chi connectivity index (χ1n) is 5.20. The van der Waals surface area contributed by atoms with E-state index in [4.69, 9.17) is 0 Å². The zero-order valence-corrected chi connectivity index (χ0v) is 11.3. The molecule has 2 rings (SSSR count). The third kappa shape index (κ3) is 2.79. The van der Waals surface area contributed by atoms with Crippen LogP contribution in [0.15, 0.2) is 28.9 Å². The van der Waals surface area contributed by atoms with E-state index in [1.807, 2.05) is 0 Å². The highest BCUT2D eigenvalue weighted by Gasteiger charge is 2.36. The number of hydrogen-bond acceptors (Lipinski definition) is 3. The molecule has 1 atom stereocenters. The molecule has 0 aliphatic rings. The van der Waals surface area contributed by atoms with Gasteiger partial charge >= 0.3 is 6.18 Å². The van der Waals surface area contributed by atoms with E-state index in [-0.39, 0.29) is 11.3 Å². The monoisotopic (exact) mass is 335 g/mol. The van der Waals surface area contributed by atoms with Crippen molar-refractivity contribution in [3.63, 3.8) is 0 Å². The smallest absolute Gasteiger partial charge is 0.382 e. The van der Waals surface area contributed by atoms with Gasteiger partial charge in [-0.15, -0.1) is 5.10 Å². The first kappa shape index (κ1) is 14.0. The fraction of sp³-hybridized carbons (Fsp3) is 0.273. The molecule has 0 radical (unpaired) electrons. The van der Waals surface area contributed by atoms with E-state index in [2.05, 4.69) is 26.2 Å². The SMILES string of the molecule is Cn1nncc1C(O)c1ccc(Br)cc1C(F)(F)F. The van der Waals surface area contributed by atoms with Crippen LogP contribution in [0.5, 0.6) is 0 Å². The molecular formula is C11H9BrF3N3O. The molecule has 0 aliphatic carbocycles. The highest BCUT2D eigenvalue weighted by Crippen LogP contribution is 2.37. The van der Waals surface area contributed by atoms with Crippen LogP contribution in [-0.2, 0) is 13.2 Å². The summed E-state index contributed by atoms with van der Waals surface area (Å²) in [5.41, 5.74) is -0.940. The zero-order valence-electron chi connectivity index (χ0n) is 9.69. The lowest BCUT2D eigenvalue weighted by Crippen LogP contribution is -2.14. The van der Waals surface area contributed by atoms with E-state index in [9.17, 15) is 18.3 Å². The molecule has 1 aromatic heterocycles. The van der Waals surface area contributed by atoms with Crippen LogP contribution in [0.1, 0.15) is 22.9 Å². The van der Waals surface area contributed by atoms with Gasteiger partial charge in [-0.3, -0.25) is 0 Å². The fourth-order valence-corrected chi connectivity index (χ4v) is 2.08. The van der Waals surface area contributed by atoms with Gasteiger partial charge in [0.15, 0.2) is 0 Å². The van der Waals surface area contributed by atoms with Gasteiger partial charge in [0.25, 0.3) is 0 Å². The molecule has 0 amide bonds. The van der Waals surface area contributed by atoms with E-state index in [1.165, 1.54) is 30.1 Å². The fourth-order valence-electron chi connectivity index (χ4n) is 1.72. The van der Waals surface area contributed by atoms with E-state index in [0.29, 0.717) is 4.47 Å². The maximum atomic E-state index is 13.0. The van der Waals surface area contributed by atoms with Crippen molar-refractivity contribution in [1.82, 2.24) is 15.0 Å². The van der Waals surface area contributed by atoms with E-state index in [0.717, 1.165) is 6.07 Å². The molecule has 4 nitrogen and oxygen atoms in total. The Bertz CT molecular complexity index is 597. The summed E-state index contributed by atoms with van der Waals surface area (Å²) < 4.78 is 40.4. The number of aliphatic hydroxyl groups excluding tert-OH is 1. The second kappa shape index (κ2) is 4.93. The predicted molar refractivity (Wildman–Crippen MR) is 64.2 cm³/mol. The number of rotatable bonds is 2. The largest absolute Gasteiger partial charge is 0.416 e. The zero-order chi connectivity index (χ0) is 14.2. The van der Waals surface area contributed by atoms with Crippen molar-refractivity contribution in [3.8, 4) is 0 Å². The molecule has 19 heavy (non-hydrogen) atoms. The van der Waals surface area contributed by atoms with Gasteiger partial charge < -0.3 is 5.11 Å². The van der Waals surface area contributed by atoms with Crippen LogP contribution >= 0.6 is 15.9 Å². The lowest BCUT2D eigenvalue weighted by molar-refractivity contribution is -0.139. The lowest BCUT2D eigenvalue weighted by atomic mass is 10.00. The number of alkyl halides is 3. The Morgan fingerprint density at radius 2 is 2.05 bits per heavy atom. The summed E-state index contributed by atoms with van der Waals surface area (Å²) in [5.74, 6) is 0. The molecule has 102 valence electrons. The molecule has 0 fully saturated rings. The van der Waals surface area contributed by atoms with Crippen LogP contribution in [0.3, 0.4) is 0 Å². The van der Waals surface area contributed by atoms with Crippen LogP contribution in [0, 0.1) is 0 Å². The summed E-state index contributed by atoms with van der Waals surface area (Å²) in [5, 5.41) is 17.2. The van der Waals surface area contributed by atoms with Gasteiger partial charge in [0.1, 0.15) is 6.10 Å². The molecule has 0 saturated carbocycles. The molecule has 8 heteroatoms. The van der Waals surface area contributed by atoms with Crippen molar-refractivity contribution in [2.24, 2.45) is 7.05 Å². The Balaban J connectivity index is 2.54. The van der Waals surface area contributed by atoms with Crippen LogP contribution < -0.4 is 0 Å². The summed E-state index contributed by atoms with van der Waals surface area (Å²) >= 11 is 2.99. The summed E-state index contributed by atoms with van der Waals surface area (Å²) in [6, 6.07) is 3.60. The predicted octanol–water partition coefficient (Wildman–Crippen LogP) is 2.68. The molecule has 0 bridgehead atoms. The average molecular weight is 336 g/mol. The average Bonchev–Trinajstić information content (AvgIpc) is 2.73. The summed E-state index contributed by atoms with van der Waals surface area (Å²) in [4.78, 5) is 0. The summed E-state index contributed by atoms with van der Waals surface area (Å²) in [6.07, 6.45) is -4.76. The molecular weight excluding hydrogens is 327 g/mol. The van der Waals surface area contributed by atoms with Gasteiger partial charge in [-0.05, 0) is 17.7 Å². The highest BCUT2D eigenvalue weighted by atomic mass is 79.9. The first-order valence-corrected chi connectivity index (χ1v) is 5.99. The number of hydrogen-bond donors (Lipinski definition) is 1. The molecule has 0 spiro atoms. The Morgan fingerprint density at radius 1 is 1.37 bits per heavy atom. The minimum atomic E-state index is -4.55. The topological polar surface area (TPSA) is 50.9 Å². The Labute approximate surface area is 115 Å². The normalized spacial score (nSPS) is 13.6. The Hall–Kier alpha value is -1.41. The van der Waals surface area contributed by atoms with Gasteiger partial charge in [0.2, 0.25) is 0 Å². The number of aromatic nitrogens is 3. The van der Waals surface area contributed by atoms with Gasteiger partial charge in [-0.1, -0.05) is 27.2 Å². The first-order chi connectivity index (χ1) is 8.80. The lowest BCUT2D eigenvalue weighted by Gasteiger charge is -2.17. The van der Waals surface area contributed by atoms with Crippen LogP contribution in [0.4, 0.5) is 13.2 Å². The molecule has 1 aromatic carbocycles. The maximum absolute atomic E-state index is 13.0. The van der Waals surface area contributed by atoms with Gasteiger partial charge in [0.05, 0.1) is 17.5 Å². The summed E-state index contributed by atoms with van der Waals surface area (Å²) in [7, 11) is 1.50. The molecule has 1 N–H and O–H groups in total. The Kier molecular flexibility index (Phi) is 3.64. The van der Waals surface area contributed by atoms with Crippen molar-refractivity contribution in [2.75, 3.05) is 0 Å². The second-order valence-electron chi connectivity index (χ2n) is 3.91. The number of halogens is 4. The maximum Gasteiger partial charge on any atom is 0.416 e. The van der Waals surface area contributed by atoms with Crippen molar-refractivity contribution in [1.29, 1.82) is 0 Å². The van der Waals surface area contributed by atoms with Crippen molar-refractivity contribution in [2.45, 2.75) is 12.3 Å². The standard InChI is InChI=1S/C11H9BrF3N3O/c1-18-9(5-16-17-18)10(19)7-3-2-6(12)4-8(7)11(13,14)15/h2-5,10,19H,1H3. The molecule has 0 saturated heterocycles. The van der Waals surface area contributed by atoms with E-state index < -0.39 is 17.8 Å². The minimum Gasteiger partial charge on any atom is -0.382 e. The number of aliphatic hydroxyl groups is 1. The van der Waals surface area contributed by atoms with Gasteiger partial charge in [-0.25, -0.2) is 4.68 Å². The second-order valence-corrected chi connectivity index (χ2v) is 4.83. The van der Waals surface area contributed by atoms with Crippen LogP contribution in [0.25, 0.3) is 0 Å². The number of nitrogens with zero attached hydrogens (tertiary/aromatic N) is 3. The Morgan fingerprint density at radius 3 is 2.58 bits per heavy atom.